The molecule has 0 aliphatic heterocycles. The van der Waals surface area contributed by atoms with Crippen LogP contribution in [0.25, 0.3) is 0 Å². The van der Waals surface area contributed by atoms with Crippen molar-refractivity contribution in [1.29, 1.82) is 0 Å². The van der Waals surface area contributed by atoms with E-state index >= 15 is 0 Å². The molecular weight excluding hydrogens is 308 g/mol. The minimum Gasteiger partial charge on any atom is -0.445 e. The van der Waals surface area contributed by atoms with Gasteiger partial charge in [0, 0.05) is 12.6 Å². The fourth-order valence-corrected chi connectivity index (χ4v) is 3.68. The number of carbonyl (C=O) groups is 2. The lowest BCUT2D eigenvalue weighted by Gasteiger charge is -2.46. The van der Waals surface area contributed by atoms with Crippen LogP contribution < -0.4 is 10.6 Å². The van der Waals surface area contributed by atoms with Crippen molar-refractivity contribution in [3.05, 3.63) is 25.3 Å². The van der Waals surface area contributed by atoms with Gasteiger partial charge >= 0.3 is 12.2 Å². The lowest BCUT2D eigenvalue weighted by molar-refractivity contribution is 0.0643. The van der Waals surface area contributed by atoms with Crippen LogP contribution in [0, 0.1) is 10.8 Å². The highest BCUT2D eigenvalue weighted by molar-refractivity contribution is 5.68. The van der Waals surface area contributed by atoms with Crippen LogP contribution in [-0.4, -0.2) is 38.0 Å². The molecule has 24 heavy (non-hydrogen) atoms. The van der Waals surface area contributed by atoms with Crippen LogP contribution in [0.3, 0.4) is 0 Å². The summed E-state index contributed by atoms with van der Waals surface area (Å²) in [4.78, 5) is 23.4. The molecule has 6 heteroatoms. The molecule has 1 fully saturated rings. The Morgan fingerprint density at radius 1 is 1.08 bits per heavy atom. The predicted octanol–water partition coefficient (Wildman–Crippen LogP) is 3.40. The molecule has 0 saturated heterocycles. The first-order valence-corrected chi connectivity index (χ1v) is 8.25. The maximum absolute atomic E-state index is 11.8. The highest BCUT2D eigenvalue weighted by Gasteiger charge is 2.42. The largest absolute Gasteiger partial charge is 0.445 e. The van der Waals surface area contributed by atoms with Gasteiger partial charge in [0.25, 0.3) is 0 Å². The zero-order valence-corrected chi connectivity index (χ0v) is 15.0. The molecule has 136 valence electrons. The molecule has 2 atom stereocenters. The Balaban J connectivity index is 2.62. The number of rotatable bonds is 7. The van der Waals surface area contributed by atoms with E-state index in [-0.39, 0.29) is 30.1 Å². The Hall–Kier alpha value is -1.98. The standard InChI is InChI=1S/C18H30N2O4/c1-6-8-23-15(21)19-13-18(5)11-14(10-17(3,4)12-18)20-16(22)24-9-7-2/h6-7,14H,1-2,8-13H2,3-5H3,(H,19,21)(H,20,22). The molecule has 2 unspecified atom stereocenters. The van der Waals surface area contributed by atoms with Gasteiger partial charge in [-0.2, -0.15) is 0 Å². The lowest BCUT2D eigenvalue weighted by atomic mass is 9.62. The molecule has 1 saturated carbocycles. The van der Waals surface area contributed by atoms with Crippen molar-refractivity contribution >= 4 is 12.2 Å². The average molecular weight is 338 g/mol. The Kier molecular flexibility index (Phi) is 7.32. The summed E-state index contributed by atoms with van der Waals surface area (Å²) >= 11 is 0. The van der Waals surface area contributed by atoms with Gasteiger partial charge in [-0.05, 0) is 30.1 Å². The van der Waals surface area contributed by atoms with Gasteiger partial charge in [0.2, 0.25) is 0 Å². The van der Waals surface area contributed by atoms with Crippen molar-refractivity contribution in [2.24, 2.45) is 10.8 Å². The molecule has 2 N–H and O–H groups in total. The second-order valence-corrected chi connectivity index (χ2v) is 7.53. The van der Waals surface area contributed by atoms with Crippen molar-refractivity contribution in [3.63, 3.8) is 0 Å². The third-order valence-electron chi connectivity index (χ3n) is 4.09. The van der Waals surface area contributed by atoms with Crippen molar-refractivity contribution in [1.82, 2.24) is 10.6 Å². The second-order valence-electron chi connectivity index (χ2n) is 7.53. The maximum Gasteiger partial charge on any atom is 0.407 e. The molecule has 1 aliphatic carbocycles. The summed E-state index contributed by atoms with van der Waals surface area (Å²) in [6.07, 6.45) is 4.76. The van der Waals surface area contributed by atoms with Crippen LogP contribution in [-0.2, 0) is 9.47 Å². The average Bonchev–Trinajstić information content (AvgIpc) is 2.47. The summed E-state index contributed by atoms with van der Waals surface area (Å²) in [5.74, 6) is 0. The van der Waals surface area contributed by atoms with Gasteiger partial charge in [0.05, 0.1) is 0 Å². The summed E-state index contributed by atoms with van der Waals surface area (Å²) in [6.45, 7) is 14.4. The third-order valence-corrected chi connectivity index (χ3v) is 4.09. The number of ether oxygens (including phenoxy) is 2. The zero-order chi connectivity index (χ0) is 18.2. The molecule has 0 radical (unpaired) electrons. The molecule has 2 amide bonds. The molecule has 0 aromatic heterocycles. The molecule has 1 aliphatic rings. The van der Waals surface area contributed by atoms with Crippen LogP contribution >= 0.6 is 0 Å². The number of hydrogen-bond acceptors (Lipinski definition) is 4. The Morgan fingerprint density at radius 3 is 2.25 bits per heavy atom. The van der Waals surface area contributed by atoms with E-state index in [4.69, 9.17) is 9.47 Å². The third kappa shape index (κ3) is 7.06. The minimum absolute atomic E-state index is 0.00191. The number of carbonyl (C=O) groups excluding carboxylic acids is 2. The van der Waals surface area contributed by atoms with Gasteiger partial charge in [0.1, 0.15) is 13.2 Å². The maximum atomic E-state index is 11.8. The minimum atomic E-state index is -0.450. The van der Waals surface area contributed by atoms with Crippen LogP contribution in [0.15, 0.2) is 25.3 Å². The number of alkyl carbamates (subject to hydrolysis) is 2. The van der Waals surface area contributed by atoms with Gasteiger partial charge in [-0.3, -0.25) is 0 Å². The summed E-state index contributed by atoms with van der Waals surface area (Å²) in [5, 5.41) is 5.73. The van der Waals surface area contributed by atoms with Crippen LogP contribution in [0.1, 0.15) is 40.0 Å². The molecule has 0 aromatic carbocycles. The highest BCUT2D eigenvalue weighted by atomic mass is 16.6. The van der Waals surface area contributed by atoms with E-state index in [1.807, 2.05) is 0 Å². The molecule has 0 heterocycles. The summed E-state index contributed by atoms with van der Waals surface area (Å²) in [6, 6.07) is 0.00191. The summed E-state index contributed by atoms with van der Waals surface area (Å²) < 4.78 is 9.95. The van der Waals surface area contributed by atoms with E-state index in [1.54, 1.807) is 0 Å². The molecule has 6 nitrogen and oxygen atoms in total. The van der Waals surface area contributed by atoms with Gasteiger partial charge < -0.3 is 20.1 Å². The highest BCUT2D eigenvalue weighted by Crippen LogP contribution is 2.45. The Bertz CT molecular complexity index is 476. The first-order chi connectivity index (χ1) is 11.2. The van der Waals surface area contributed by atoms with Crippen LogP contribution in [0.2, 0.25) is 0 Å². The van der Waals surface area contributed by atoms with E-state index in [1.165, 1.54) is 12.2 Å². The second kappa shape index (κ2) is 8.76. The number of hydrogen-bond donors (Lipinski definition) is 2. The first-order valence-electron chi connectivity index (χ1n) is 8.25. The SMILES string of the molecule is C=CCOC(=O)NCC1(C)CC(NC(=O)OCC=C)CC(C)(C)C1. The van der Waals surface area contributed by atoms with Crippen molar-refractivity contribution in [3.8, 4) is 0 Å². The van der Waals surface area contributed by atoms with Crippen molar-refractivity contribution in [2.45, 2.75) is 46.1 Å². The zero-order valence-electron chi connectivity index (χ0n) is 15.0. The van der Waals surface area contributed by atoms with E-state index in [2.05, 4.69) is 44.6 Å². The molecule has 1 rings (SSSR count). The Morgan fingerprint density at radius 2 is 1.67 bits per heavy atom. The summed E-state index contributed by atoms with van der Waals surface area (Å²) in [5.41, 5.74) is -0.0819. The fraction of sp³-hybridized carbons (Fsp3) is 0.667. The van der Waals surface area contributed by atoms with E-state index in [0.717, 1.165) is 19.3 Å². The molecular formula is C18H30N2O4. The predicted molar refractivity (Wildman–Crippen MR) is 93.8 cm³/mol. The van der Waals surface area contributed by atoms with Gasteiger partial charge in [-0.1, -0.05) is 46.1 Å². The van der Waals surface area contributed by atoms with E-state index < -0.39 is 12.2 Å². The van der Waals surface area contributed by atoms with Crippen molar-refractivity contribution in [2.75, 3.05) is 19.8 Å². The molecule has 0 spiro atoms. The summed E-state index contributed by atoms with van der Waals surface area (Å²) in [7, 11) is 0. The molecule has 0 bridgehead atoms. The topological polar surface area (TPSA) is 76.7 Å². The normalized spacial score (nSPS) is 25.2. The van der Waals surface area contributed by atoms with Gasteiger partial charge in [-0.25, -0.2) is 9.59 Å². The fourth-order valence-electron chi connectivity index (χ4n) is 3.68. The monoisotopic (exact) mass is 338 g/mol. The lowest BCUT2D eigenvalue weighted by Crippen LogP contribution is -2.50. The first kappa shape index (κ1) is 20.1. The van der Waals surface area contributed by atoms with Gasteiger partial charge in [0.15, 0.2) is 0 Å². The number of nitrogens with one attached hydrogen (secondary N) is 2. The number of amides is 2. The van der Waals surface area contributed by atoms with Crippen LogP contribution in [0.5, 0.6) is 0 Å². The van der Waals surface area contributed by atoms with Gasteiger partial charge in [-0.15, -0.1) is 0 Å². The Labute approximate surface area is 144 Å². The van der Waals surface area contributed by atoms with E-state index in [0.29, 0.717) is 6.54 Å². The smallest absolute Gasteiger partial charge is 0.407 e. The molecule has 0 aromatic rings. The quantitative estimate of drug-likeness (QED) is 0.698. The van der Waals surface area contributed by atoms with Crippen LogP contribution in [0.4, 0.5) is 9.59 Å². The van der Waals surface area contributed by atoms with E-state index in [9.17, 15) is 9.59 Å². The van der Waals surface area contributed by atoms with Crippen molar-refractivity contribution < 1.29 is 19.1 Å².